The number of aromatic nitrogens is 5. The van der Waals surface area contributed by atoms with Gasteiger partial charge in [0, 0.05) is 20.1 Å². The summed E-state index contributed by atoms with van der Waals surface area (Å²) in [5.41, 5.74) is 0.769. The van der Waals surface area contributed by atoms with Crippen LogP contribution in [0.4, 0.5) is 11.8 Å². The summed E-state index contributed by atoms with van der Waals surface area (Å²) in [6, 6.07) is 4.94. The Balaban J connectivity index is 1.50. The van der Waals surface area contributed by atoms with E-state index in [9.17, 15) is 0 Å². The Labute approximate surface area is 121 Å². The van der Waals surface area contributed by atoms with Crippen LogP contribution in [0.5, 0.6) is 0 Å². The zero-order valence-electron chi connectivity index (χ0n) is 11.8. The van der Waals surface area contributed by atoms with E-state index in [0.29, 0.717) is 12.1 Å². The molecule has 0 radical (unpaired) electrons. The minimum Gasteiger partial charge on any atom is -0.432 e. The van der Waals surface area contributed by atoms with E-state index in [1.54, 1.807) is 17.0 Å². The molecule has 0 atom stereocenters. The van der Waals surface area contributed by atoms with Crippen molar-refractivity contribution < 1.29 is 4.42 Å². The standard InChI is InChI=1S/C13H15N7O/c1-9-15-16-11-3-4-12(17-20(9)11)19-7-10(8-19)18(2)13-14-5-6-21-13/h3-6,10H,7-8H2,1-2H3. The molecule has 1 aliphatic heterocycles. The van der Waals surface area contributed by atoms with Gasteiger partial charge in [-0.05, 0) is 19.1 Å². The van der Waals surface area contributed by atoms with Crippen molar-refractivity contribution in [1.82, 2.24) is 24.8 Å². The number of nitrogens with zero attached hydrogens (tertiary/aromatic N) is 7. The molecule has 0 N–H and O–H groups in total. The lowest BCUT2D eigenvalue weighted by molar-refractivity contribution is 0.448. The molecule has 0 aliphatic carbocycles. The predicted octanol–water partition coefficient (Wildman–Crippen LogP) is 0.746. The Morgan fingerprint density at radius 1 is 1.29 bits per heavy atom. The van der Waals surface area contributed by atoms with Crippen LogP contribution in [0.15, 0.2) is 29.0 Å². The van der Waals surface area contributed by atoms with Crippen molar-refractivity contribution in [2.24, 2.45) is 0 Å². The topological polar surface area (TPSA) is 75.6 Å². The largest absolute Gasteiger partial charge is 0.432 e. The van der Waals surface area contributed by atoms with Crippen LogP contribution in [-0.4, -0.2) is 51.0 Å². The molecule has 4 rings (SSSR count). The second-order valence-corrected chi connectivity index (χ2v) is 5.19. The number of oxazole rings is 1. The molecule has 3 aromatic rings. The molecule has 4 heterocycles. The van der Waals surface area contributed by atoms with E-state index in [1.807, 2.05) is 26.1 Å². The summed E-state index contributed by atoms with van der Waals surface area (Å²) in [5.74, 6) is 1.73. The highest BCUT2D eigenvalue weighted by Crippen LogP contribution is 2.24. The van der Waals surface area contributed by atoms with E-state index in [1.165, 1.54) is 0 Å². The summed E-state index contributed by atoms with van der Waals surface area (Å²) >= 11 is 0. The molecular formula is C13H15N7O. The number of anilines is 2. The molecule has 0 bridgehead atoms. The molecule has 0 spiro atoms. The first kappa shape index (κ1) is 12.1. The van der Waals surface area contributed by atoms with Crippen LogP contribution in [0.3, 0.4) is 0 Å². The normalized spacial score (nSPS) is 15.4. The van der Waals surface area contributed by atoms with Gasteiger partial charge < -0.3 is 14.2 Å². The predicted molar refractivity (Wildman–Crippen MR) is 76.4 cm³/mol. The van der Waals surface area contributed by atoms with Crippen molar-refractivity contribution in [3.8, 4) is 0 Å². The van der Waals surface area contributed by atoms with Crippen molar-refractivity contribution >= 4 is 17.5 Å². The fourth-order valence-corrected chi connectivity index (χ4v) is 2.49. The van der Waals surface area contributed by atoms with Crippen LogP contribution < -0.4 is 9.80 Å². The van der Waals surface area contributed by atoms with Crippen molar-refractivity contribution in [2.45, 2.75) is 13.0 Å². The van der Waals surface area contributed by atoms with Gasteiger partial charge in [-0.15, -0.1) is 15.3 Å². The van der Waals surface area contributed by atoms with E-state index in [-0.39, 0.29) is 0 Å². The van der Waals surface area contributed by atoms with Gasteiger partial charge in [0.2, 0.25) is 0 Å². The third-order valence-corrected chi connectivity index (χ3v) is 3.86. The minimum absolute atomic E-state index is 0.378. The first-order valence-electron chi connectivity index (χ1n) is 6.79. The van der Waals surface area contributed by atoms with Gasteiger partial charge in [0.15, 0.2) is 11.5 Å². The number of rotatable bonds is 3. The molecule has 0 amide bonds. The number of aryl methyl sites for hydroxylation is 1. The highest BCUT2D eigenvalue weighted by molar-refractivity contribution is 5.49. The summed E-state index contributed by atoms with van der Waals surface area (Å²) in [6.45, 7) is 3.67. The zero-order chi connectivity index (χ0) is 14.4. The van der Waals surface area contributed by atoms with Gasteiger partial charge in [-0.2, -0.15) is 4.52 Å². The molecule has 3 aromatic heterocycles. The van der Waals surface area contributed by atoms with Crippen LogP contribution in [-0.2, 0) is 0 Å². The lowest BCUT2D eigenvalue weighted by atomic mass is 10.1. The fourth-order valence-electron chi connectivity index (χ4n) is 2.49. The molecule has 1 saturated heterocycles. The average molecular weight is 285 g/mol. The van der Waals surface area contributed by atoms with Crippen molar-refractivity contribution in [1.29, 1.82) is 0 Å². The third-order valence-electron chi connectivity index (χ3n) is 3.86. The molecule has 108 valence electrons. The SMILES string of the molecule is Cc1nnc2ccc(N3CC(N(C)c4ncco4)C3)nn12. The number of hydrogen-bond acceptors (Lipinski definition) is 7. The summed E-state index contributed by atoms with van der Waals surface area (Å²) in [7, 11) is 1.99. The molecule has 0 saturated carbocycles. The van der Waals surface area contributed by atoms with Gasteiger partial charge in [-0.25, -0.2) is 4.98 Å². The summed E-state index contributed by atoms with van der Waals surface area (Å²) in [5, 5.41) is 12.6. The van der Waals surface area contributed by atoms with Crippen LogP contribution >= 0.6 is 0 Å². The molecule has 8 nitrogen and oxygen atoms in total. The highest BCUT2D eigenvalue weighted by atomic mass is 16.4. The number of hydrogen-bond donors (Lipinski definition) is 0. The van der Waals surface area contributed by atoms with Crippen LogP contribution in [0.25, 0.3) is 5.65 Å². The summed E-state index contributed by atoms with van der Waals surface area (Å²) in [6.07, 6.45) is 3.25. The Kier molecular flexibility index (Phi) is 2.56. The molecule has 8 heteroatoms. The summed E-state index contributed by atoms with van der Waals surface area (Å²) in [4.78, 5) is 8.43. The van der Waals surface area contributed by atoms with Gasteiger partial charge in [0.25, 0.3) is 6.01 Å². The van der Waals surface area contributed by atoms with Crippen LogP contribution in [0.2, 0.25) is 0 Å². The fraction of sp³-hybridized carbons (Fsp3) is 0.385. The Hall–Kier alpha value is -2.64. The smallest absolute Gasteiger partial charge is 0.297 e. The monoisotopic (exact) mass is 285 g/mol. The highest BCUT2D eigenvalue weighted by Gasteiger charge is 2.32. The summed E-state index contributed by atoms with van der Waals surface area (Å²) < 4.78 is 7.08. The number of fused-ring (bicyclic) bond motifs is 1. The average Bonchev–Trinajstić information content (AvgIpc) is 3.08. The van der Waals surface area contributed by atoms with E-state index in [0.717, 1.165) is 30.4 Å². The quantitative estimate of drug-likeness (QED) is 0.702. The Bertz CT molecular complexity index is 760. The first-order valence-corrected chi connectivity index (χ1v) is 6.79. The molecule has 0 aromatic carbocycles. The van der Waals surface area contributed by atoms with Crippen molar-refractivity contribution in [3.05, 3.63) is 30.4 Å². The maximum absolute atomic E-state index is 5.32. The van der Waals surface area contributed by atoms with Crippen molar-refractivity contribution in [3.63, 3.8) is 0 Å². The Morgan fingerprint density at radius 3 is 2.90 bits per heavy atom. The van der Waals surface area contributed by atoms with E-state index in [4.69, 9.17) is 4.42 Å². The molecule has 21 heavy (non-hydrogen) atoms. The lowest BCUT2D eigenvalue weighted by Gasteiger charge is -2.43. The van der Waals surface area contributed by atoms with Gasteiger partial charge in [-0.3, -0.25) is 0 Å². The molecule has 1 fully saturated rings. The van der Waals surface area contributed by atoms with Crippen molar-refractivity contribution in [2.75, 3.05) is 29.9 Å². The van der Waals surface area contributed by atoms with E-state index < -0.39 is 0 Å². The van der Waals surface area contributed by atoms with Crippen LogP contribution in [0, 0.1) is 6.92 Å². The van der Waals surface area contributed by atoms with Crippen LogP contribution in [0.1, 0.15) is 5.82 Å². The Morgan fingerprint density at radius 2 is 2.14 bits per heavy atom. The van der Waals surface area contributed by atoms with Gasteiger partial charge >= 0.3 is 0 Å². The van der Waals surface area contributed by atoms with E-state index >= 15 is 0 Å². The zero-order valence-corrected chi connectivity index (χ0v) is 11.8. The second kappa shape index (κ2) is 4.44. The maximum Gasteiger partial charge on any atom is 0.297 e. The lowest BCUT2D eigenvalue weighted by Crippen LogP contribution is -2.59. The maximum atomic E-state index is 5.32. The first-order chi connectivity index (χ1) is 10.2. The van der Waals surface area contributed by atoms with Gasteiger partial charge in [0.05, 0.1) is 12.2 Å². The van der Waals surface area contributed by atoms with E-state index in [2.05, 4.69) is 30.1 Å². The third kappa shape index (κ3) is 1.91. The minimum atomic E-state index is 0.378. The molecular weight excluding hydrogens is 270 g/mol. The number of likely N-dealkylation sites (N-methyl/N-ethyl adjacent to an activating group) is 1. The van der Waals surface area contributed by atoms with Gasteiger partial charge in [-0.1, -0.05) is 0 Å². The molecule has 0 unspecified atom stereocenters. The van der Waals surface area contributed by atoms with Gasteiger partial charge in [0.1, 0.15) is 12.1 Å². The second-order valence-electron chi connectivity index (χ2n) is 5.19. The molecule has 1 aliphatic rings.